The van der Waals surface area contributed by atoms with Crippen molar-refractivity contribution >= 4 is 17.3 Å². The first-order valence-electron chi connectivity index (χ1n) is 8.05. The lowest BCUT2D eigenvalue weighted by Gasteiger charge is -2.33. The maximum Gasteiger partial charge on any atom is 0.203 e. The average Bonchev–Trinajstić information content (AvgIpc) is 2.53. The molecule has 1 aromatic carbocycles. The van der Waals surface area contributed by atoms with E-state index in [0.29, 0.717) is 5.92 Å². The van der Waals surface area contributed by atoms with Crippen molar-refractivity contribution in [1.82, 2.24) is 0 Å². The van der Waals surface area contributed by atoms with Crippen LogP contribution in [0.25, 0.3) is 0 Å². The van der Waals surface area contributed by atoms with Crippen LogP contribution in [-0.4, -0.2) is 0 Å². The zero-order valence-corrected chi connectivity index (χ0v) is 15.1. The molecule has 0 radical (unpaired) electrons. The average molecular weight is 347 g/mol. The van der Waals surface area contributed by atoms with Crippen LogP contribution in [0.3, 0.4) is 0 Å². The fourth-order valence-electron chi connectivity index (χ4n) is 3.16. The van der Waals surface area contributed by atoms with Crippen molar-refractivity contribution < 1.29 is 11.6 Å². The molecule has 3 heteroatoms. The fourth-order valence-corrected chi connectivity index (χ4v) is 3.46. The summed E-state index contributed by atoms with van der Waals surface area (Å²) < 4.78 is 0. The molecule has 1 atom stereocenters. The third-order valence-corrected chi connectivity index (χ3v) is 4.94. The van der Waals surface area contributed by atoms with Crippen LogP contribution in [0.15, 0.2) is 70.6 Å². The Balaban J connectivity index is 2.06. The molecule has 0 amide bonds. The molecule has 0 bridgehead atoms. The Morgan fingerprint density at radius 2 is 1.87 bits per heavy atom. The molecular weight excluding hydrogens is 325 g/mol. The predicted octanol–water partition coefficient (Wildman–Crippen LogP) is 5.86. The van der Waals surface area contributed by atoms with E-state index >= 15 is 0 Å². The van der Waals surface area contributed by atoms with Gasteiger partial charge in [-0.1, -0.05) is 24.6 Å². The number of rotatable bonds is 3. The summed E-state index contributed by atoms with van der Waals surface area (Å²) >= 11 is 11.4. The molecule has 1 nitrogen and oxygen atoms in total. The summed E-state index contributed by atoms with van der Waals surface area (Å²) in [7, 11) is 0. The Kier molecular flexibility index (Phi) is 4.99. The van der Waals surface area contributed by atoms with Crippen molar-refractivity contribution in [3.05, 3.63) is 75.6 Å². The van der Waals surface area contributed by atoms with Gasteiger partial charge in [0.2, 0.25) is 5.03 Å². The molecule has 0 fully saturated rings. The summed E-state index contributed by atoms with van der Waals surface area (Å²) in [6.45, 7) is 4.49. The Morgan fingerprint density at radius 3 is 2.48 bits per heavy atom. The van der Waals surface area contributed by atoms with Crippen LogP contribution < -0.4 is 4.90 Å². The van der Waals surface area contributed by atoms with E-state index in [1.807, 2.05) is 12.1 Å². The Bertz CT molecular complexity index is 708. The number of anilines is 1. The zero-order chi connectivity index (χ0) is 16.4. The smallest absolute Gasteiger partial charge is 0.203 e. The second kappa shape index (κ2) is 6.98. The monoisotopic (exact) mass is 346 g/mol. The molecule has 0 saturated carbocycles. The second-order valence-electron chi connectivity index (χ2n) is 6.31. The van der Waals surface area contributed by atoms with E-state index in [1.165, 1.54) is 17.0 Å². The molecule has 0 heterocycles. The van der Waals surface area contributed by atoms with Gasteiger partial charge in [-0.05, 0) is 67.7 Å². The third kappa shape index (κ3) is 3.73. The van der Waals surface area contributed by atoms with Crippen molar-refractivity contribution in [2.24, 2.45) is 5.92 Å². The number of halogens is 2. The first-order chi connectivity index (χ1) is 11.0. The topological polar surface area (TPSA) is 3.24 Å². The van der Waals surface area contributed by atoms with E-state index in [2.05, 4.69) is 55.2 Å². The molecule has 120 valence electrons. The standard InChI is InChI=1S/C20H22Cl2N/c1-14-3-12-20(15(2)13-14)23(18-8-4-16(21)5-9-18)19-10-6-17(22)7-11-19/h3-6,8-10,12,14,22H,7,11,13H2,1-2H3/q+1. The van der Waals surface area contributed by atoms with E-state index < -0.39 is 0 Å². The maximum atomic E-state index is 6.07. The molecule has 2 aliphatic rings. The first-order valence-corrected chi connectivity index (χ1v) is 8.83. The summed E-state index contributed by atoms with van der Waals surface area (Å²) in [6, 6.07) is 8.07. The normalized spacial score (nSPS) is 21.1. The largest absolute Gasteiger partial charge is 0.314 e. The van der Waals surface area contributed by atoms with Crippen molar-refractivity contribution in [3.8, 4) is 0 Å². The minimum atomic E-state index is 0.602. The summed E-state index contributed by atoms with van der Waals surface area (Å²) in [6.07, 6.45) is 11.8. The van der Waals surface area contributed by atoms with Crippen molar-refractivity contribution in [3.63, 3.8) is 0 Å². The van der Waals surface area contributed by atoms with Crippen LogP contribution in [0.1, 0.15) is 33.1 Å². The molecule has 0 spiro atoms. The lowest BCUT2D eigenvalue weighted by atomic mass is 9.93. The molecule has 2 aliphatic carbocycles. The quantitative estimate of drug-likeness (QED) is 0.662. The number of benzene rings is 1. The predicted molar refractivity (Wildman–Crippen MR) is 96.3 cm³/mol. The first kappa shape index (κ1) is 16.4. The van der Waals surface area contributed by atoms with Crippen LogP contribution >= 0.6 is 11.6 Å². The minimum absolute atomic E-state index is 0.602. The van der Waals surface area contributed by atoms with Gasteiger partial charge in [-0.15, -0.1) is 0 Å². The van der Waals surface area contributed by atoms with Gasteiger partial charge in [0.25, 0.3) is 0 Å². The number of hydrogen-bond acceptors (Lipinski definition) is 1. The number of hydrogen-bond donors (Lipinski definition) is 0. The van der Waals surface area contributed by atoms with E-state index in [9.17, 15) is 0 Å². The molecule has 1 unspecified atom stereocenters. The van der Waals surface area contributed by atoms with Gasteiger partial charge in [-0.25, -0.2) is 0 Å². The van der Waals surface area contributed by atoms with Crippen molar-refractivity contribution in [2.75, 3.05) is 4.90 Å². The summed E-state index contributed by atoms with van der Waals surface area (Å²) in [5.41, 5.74) is 5.13. The molecule has 3 rings (SSSR count). The summed E-state index contributed by atoms with van der Waals surface area (Å²) in [4.78, 5) is 2.35. The van der Waals surface area contributed by atoms with Crippen molar-refractivity contribution in [1.29, 1.82) is 0 Å². The van der Waals surface area contributed by atoms with Crippen molar-refractivity contribution in [2.45, 2.75) is 33.1 Å². The molecule has 0 saturated heterocycles. The lowest BCUT2D eigenvalue weighted by molar-refractivity contribution is -0.306. The van der Waals surface area contributed by atoms with E-state index in [0.717, 1.165) is 35.0 Å². The van der Waals surface area contributed by atoms with Gasteiger partial charge in [-0.2, -0.15) is 0 Å². The Labute approximate surface area is 148 Å². The number of allylic oxidation sites excluding steroid dienone is 7. The highest BCUT2D eigenvalue weighted by Gasteiger charge is 2.22. The molecule has 0 N–H and O–H groups in total. The SMILES string of the molecule is CC1=C(N(C2=CC=C([ClH+])CC2)c2ccc(Cl)cc2)C=CC(C)C1. The van der Waals surface area contributed by atoms with Crippen LogP contribution in [-0.2, 0) is 0 Å². The van der Waals surface area contributed by atoms with Gasteiger partial charge in [0.05, 0.1) is 0 Å². The molecule has 0 aliphatic heterocycles. The maximum absolute atomic E-state index is 6.07. The van der Waals surface area contributed by atoms with Gasteiger partial charge in [-0.3, -0.25) is 0 Å². The fraction of sp³-hybridized carbons (Fsp3) is 0.300. The zero-order valence-electron chi connectivity index (χ0n) is 13.6. The lowest BCUT2D eigenvalue weighted by Crippen LogP contribution is -2.24. The van der Waals surface area contributed by atoms with Crippen LogP contribution in [0, 0.1) is 17.5 Å². The van der Waals surface area contributed by atoms with Gasteiger partial charge in [0, 0.05) is 34.6 Å². The second-order valence-corrected chi connectivity index (χ2v) is 7.27. The molecular formula is C20H22Cl2N+. The highest BCUT2D eigenvalue weighted by atomic mass is 35.5. The van der Waals surface area contributed by atoms with Gasteiger partial charge < -0.3 is 4.90 Å². The summed E-state index contributed by atoms with van der Waals surface area (Å²) in [5, 5.41) is 1.79. The third-order valence-electron chi connectivity index (χ3n) is 4.35. The Morgan fingerprint density at radius 1 is 1.13 bits per heavy atom. The highest BCUT2D eigenvalue weighted by Crippen LogP contribution is 2.35. The van der Waals surface area contributed by atoms with Gasteiger partial charge in [0.1, 0.15) is 11.6 Å². The Hall–Kier alpha value is -1.44. The van der Waals surface area contributed by atoms with Crippen LogP contribution in [0.2, 0.25) is 5.02 Å². The van der Waals surface area contributed by atoms with E-state index in [-0.39, 0.29) is 0 Å². The molecule has 0 aromatic heterocycles. The highest BCUT2D eigenvalue weighted by molar-refractivity contribution is 6.30. The van der Waals surface area contributed by atoms with Crippen LogP contribution in [0.4, 0.5) is 5.69 Å². The molecule has 23 heavy (non-hydrogen) atoms. The van der Waals surface area contributed by atoms with E-state index in [4.69, 9.17) is 23.2 Å². The summed E-state index contributed by atoms with van der Waals surface area (Å²) in [5.74, 6) is 0.602. The van der Waals surface area contributed by atoms with Gasteiger partial charge >= 0.3 is 0 Å². The molecule has 1 aromatic rings. The van der Waals surface area contributed by atoms with Gasteiger partial charge in [0.15, 0.2) is 0 Å². The number of nitrogens with zero attached hydrogens (tertiary/aromatic N) is 1. The minimum Gasteiger partial charge on any atom is -0.314 e. The van der Waals surface area contributed by atoms with E-state index in [1.54, 1.807) is 0 Å². The van der Waals surface area contributed by atoms with Crippen LogP contribution in [0.5, 0.6) is 0 Å².